The van der Waals surface area contributed by atoms with Gasteiger partial charge in [0.1, 0.15) is 0 Å². The van der Waals surface area contributed by atoms with Crippen LogP contribution in [-0.2, 0) is 4.79 Å². The highest BCUT2D eigenvalue weighted by atomic mass is 79.9. The molecule has 0 radical (unpaired) electrons. The van der Waals surface area contributed by atoms with E-state index in [0.29, 0.717) is 5.33 Å². The first kappa shape index (κ1) is 10.5. The Labute approximate surface area is 97.8 Å². The quantitative estimate of drug-likeness (QED) is 0.726. The van der Waals surface area contributed by atoms with Crippen molar-refractivity contribution < 1.29 is 4.79 Å². The molecule has 0 atom stereocenters. The Morgan fingerprint density at radius 1 is 1.33 bits per heavy atom. The first-order valence-corrected chi connectivity index (χ1v) is 6.02. The first-order chi connectivity index (χ1) is 7.24. The van der Waals surface area contributed by atoms with Gasteiger partial charge >= 0.3 is 0 Å². The molecule has 1 aliphatic heterocycles. The first-order valence-electron chi connectivity index (χ1n) is 4.90. The molecule has 2 rings (SSSR count). The number of benzene rings is 1. The zero-order chi connectivity index (χ0) is 10.8. The van der Waals surface area contributed by atoms with Crippen molar-refractivity contribution in [3.63, 3.8) is 0 Å². The summed E-state index contributed by atoms with van der Waals surface area (Å²) in [6.45, 7) is 1.65. The number of nitrogens with zero attached hydrogens (tertiary/aromatic N) is 2. The van der Waals surface area contributed by atoms with E-state index in [9.17, 15) is 4.79 Å². The average molecular weight is 269 g/mol. The molecule has 0 aromatic heterocycles. The number of fused-ring (bicyclic) bond motifs is 1. The number of alkyl halides is 1. The highest BCUT2D eigenvalue weighted by Crippen LogP contribution is 2.31. The molecule has 0 bridgehead atoms. The van der Waals surface area contributed by atoms with Crippen molar-refractivity contribution >= 4 is 33.2 Å². The number of para-hydroxylation sites is 2. The van der Waals surface area contributed by atoms with E-state index in [1.807, 2.05) is 29.2 Å². The van der Waals surface area contributed by atoms with Crippen molar-refractivity contribution in [3.05, 3.63) is 24.3 Å². The van der Waals surface area contributed by atoms with Crippen LogP contribution in [0.4, 0.5) is 11.4 Å². The molecule has 1 aromatic rings. The van der Waals surface area contributed by atoms with E-state index in [1.165, 1.54) is 0 Å². The number of carbonyl (C=O) groups excluding carboxylic acids is 1. The van der Waals surface area contributed by atoms with E-state index in [4.69, 9.17) is 0 Å². The minimum atomic E-state index is 0.121. The maximum Gasteiger partial charge on any atom is 0.237 e. The molecular formula is C11H13BrN2O. The third-order valence-electron chi connectivity index (χ3n) is 2.66. The monoisotopic (exact) mass is 268 g/mol. The number of carbonyl (C=O) groups is 1. The van der Waals surface area contributed by atoms with Gasteiger partial charge in [-0.2, -0.15) is 0 Å². The van der Waals surface area contributed by atoms with Crippen molar-refractivity contribution in [2.24, 2.45) is 0 Å². The Kier molecular flexibility index (Phi) is 2.95. The smallest absolute Gasteiger partial charge is 0.237 e. The zero-order valence-corrected chi connectivity index (χ0v) is 10.2. The molecule has 15 heavy (non-hydrogen) atoms. The van der Waals surface area contributed by atoms with Crippen LogP contribution < -0.4 is 9.80 Å². The van der Waals surface area contributed by atoms with Gasteiger partial charge < -0.3 is 9.80 Å². The highest BCUT2D eigenvalue weighted by molar-refractivity contribution is 9.09. The molecule has 0 unspecified atom stereocenters. The summed E-state index contributed by atoms with van der Waals surface area (Å²) in [5.41, 5.74) is 2.13. The van der Waals surface area contributed by atoms with Crippen molar-refractivity contribution in [1.82, 2.24) is 0 Å². The van der Waals surface area contributed by atoms with Gasteiger partial charge in [-0.15, -0.1) is 0 Å². The number of likely N-dealkylation sites (N-methyl/N-ethyl adjacent to an activating group) is 1. The van der Waals surface area contributed by atoms with Gasteiger partial charge in [0.25, 0.3) is 0 Å². The second-order valence-electron chi connectivity index (χ2n) is 3.59. The molecule has 0 saturated heterocycles. The van der Waals surface area contributed by atoms with Gasteiger partial charge in [0.05, 0.1) is 16.7 Å². The molecule has 0 aliphatic carbocycles. The van der Waals surface area contributed by atoms with E-state index < -0.39 is 0 Å². The number of anilines is 2. The van der Waals surface area contributed by atoms with E-state index in [1.54, 1.807) is 0 Å². The molecule has 1 heterocycles. The summed E-state index contributed by atoms with van der Waals surface area (Å²) >= 11 is 3.21. The minimum Gasteiger partial charge on any atom is -0.371 e. The van der Waals surface area contributed by atoms with Gasteiger partial charge in [-0.1, -0.05) is 28.1 Å². The molecule has 0 fully saturated rings. The van der Waals surface area contributed by atoms with Gasteiger partial charge in [0.2, 0.25) is 5.91 Å². The summed E-state index contributed by atoms with van der Waals surface area (Å²) in [6.07, 6.45) is 0. The van der Waals surface area contributed by atoms with Crippen LogP contribution in [-0.4, -0.2) is 31.4 Å². The second-order valence-corrected chi connectivity index (χ2v) is 4.15. The van der Waals surface area contributed by atoms with Gasteiger partial charge in [0, 0.05) is 20.1 Å². The molecule has 0 spiro atoms. The summed E-state index contributed by atoms with van der Waals surface area (Å²) in [6, 6.07) is 8.00. The summed E-state index contributed by atoms with van der Waals surface area (Å²) in [5, 5.41) is 0.380. The molecule has 3 nitrogen and oxygen atoms in total. The lowest BCUT2D eigenvalue weighted by Crippen LogP contribution is -2.43. The lowest BCUT2D eigenvalue weighted by atomic mass is 10.2. The Hall–Kier alpha value is -1.03. The molecule has 1 aliphatic rings. The normalized spacial score (nSPS) is 15.1. The molecule has 80 valence electrons. The SMILES string of the molecule is CN1CCN(C(=O)CBr)c2ccccc21. The van der Waals surface area contributed by atoms with Crippen LogP contribution >= 0.6 is 15.9 Å². The fourth-order valence-corrected chi connectivity index (χ4v) is 2.14. The summed E-state index contributed by atoms with van der Waals surface area (Å²) in [4.78, 5) is 15.7. The molecule has 0 N–H and O–H groups in total. The maximum atomic E-state index is 11.7. The van der Waals surface area contributed by atoms with Gasteiger partial charge in [-0.25, -0.2) is 0 Å². The predicted molar refractivity (Wildman–Crippen MR) is 65.9 cm³/mol. The number of halogens is 1. The number of hydrogen-bond acceptors (Lipinski definition) is 2. The maximum absolute atomic E-state index is 11.7. The van der Waals surface area contributed by atoms with E-state index >= 15 is 0 Å². The van der Waals surface area contributed by atoms with Crippen LogP contribution in [0.15, 0.2) is 24.3 Å². The Morgan fingerprint density at radius 2 is 2.00 bits per heavy atom. The van der Waals surface area contributed by atoms with Crippen LogP contribution in [0.1, 0.15) is 0 Å². The fourth-order valence-electron chi connectivity index (χ4n) is 1.84. The van der Waals surface area contributed by atoms with Crippen LogP contribution in [0.2, 0.25) is 0 Å². The van der Waals surface area contributed by atoms with Crippen molar-refractivity contribution in [1.29, 1.82) is 0 Å². The number of rotatable bonds is 1. The molecular weight excluding hydrogens is 256 g/mol. The van der Waals surface area contributed by atoms with Gasteiger partial charge in [-0.3, -0.25) is 4.79 Å². The second kappa shape index (κ2) is 4.23. The van der Waals surface area contributed by atoms with E-state index in [-0.39, 0.29) is 5.91 Å². The fraction of sp³-hybridized carbons (Fsp3) is 0.364. The minimum absolute atomic E-state index is 0.121. The molecule has 1 aromatic carbocycles. The summed E-state index contributed by atoms with van der Waals surface area (Å²) in [5.74, 6) is 0.121. The summed E-state index contributed by atoms with van der Waals surface area (Å²) in [7, 11) is 2.05. The Morgan fingerprint density at radius 3 is 2.67 bits per heavy atom. The van der Waals surface area contributed by atoms with Gasteiger partial charge in [0.15, 0.2) is 0 Å². The van der Waals surface area contributed by atoms with Crippen LogP contribution in [0.5, 0.6) is 0 Å². The van der Waals surface area contributed by atoms with Crippen LogP contribution in [0.25, 0.3) is 0 Å². The van der Waals surface area contributed by atoms with E-state index in [2.05, 4.69) is 27.9 Å². The average Bonchev–Trinajstić information content (AvgIpc) is 2.29. The zero-order valence-electron chi connectivity index (χ0n) is 8.61. The van der Waals surface area contributed by atoms with Gasteiger partial charge in [-0.05, 0) is 12.1 Å². The molecule has 4 heteroatoms. The molecule has 1 amide bonds. The lowest BCUT2D eigenvalue weighted by molar-refractivity contribution is -0.116. The van der Waals surface area contributed by atoms with Crippen molar-refractivity contribution in [2.45, 2.75) is 0 Å². The van der Waals surface area contributed by atoms with Crippen molar-refractivity contribution in [2.75, 3.05) is 35.3 Å². The summed E-state index contributed by atoms with van der Waals surface area (Å²) < 4.78 is 0. The Bertz CT molecular complexity index is 381. The standard InChI is InChI=1S/C11H13BrN2O/c1-13-6-7-14(11(15)8-12)10-5-3-2-4-9(10)13/h2-5H,6-8H2,1H3. The predicted octanol–water partition coefficient (Wildman–Crippen LogP) is 1.86. The largest absolute Gasteiger partial charge is 0.371 e. The molecule has 0 saturated carbocycles. The topological polar surface area (TPSA) is 23.6 Å². The highest BCUT2D eigenvalue weighted by Gasteiger charge is 2.23. The number of hydrogen-bond donors (Lipinski definition) is 0. The lowest BCUT2D eigenvalue weighted by Gasteiger charge is -2.35. The van der Waals surface area contributed by atoms with Crippen molar-refractivity contribution in [3.8, 4) is 0 Å². The van der Waals surface area contributed by atoms with Crippen LogP contribution in [0.3, 0.4) is 0 Å². The number of amides is 1. The van der Waals surface area contributed by atoms with Crippen LogP contribution in [0, 0.1) is 0 Å². The third kappa shape index (κ3) is 1.86. The van der Waals surface area contributed by atoms with E-state index in [0.717, 1.165) is 24.5 Å². The Balaban J connectivity index is 2.40. The third-order valence-corrected chi connectivity index (χ3v) is 3.14.